The average Bonchev–Trinajstić information content (AvgIpc) is 2.38. The molecular formula is C14H19ClFNO2. The highest BCUT2D eigenvalue weighted by atomic mass is 35.5. The van der Waals surface area contributed by atoms with Crippen molar-refractivity contribution in [3.05, 3.63) is 34.6 Å². The van der Waals surface area contributed by atoms with Crippen LogP contribution >= 0.6 is 11.6 Å². The maximum atomic E-state index is 13.5. The van der Waals surface area contributed by atoms with Crippen LogP contribution in [-0.2, 0) is 11.2 Å². The van der Waals surface area contributed by atoms with E-state index in [0.717, 1.165) is 25.7 Å². The Morgan fingerprint density at radius 3 is 2.68 bits per heavy atom. The van der Waals surface area contributed by atoms with E-state index in [1.165, 1.54) is 12.1 Å². The Hall–Kier alpha value is -1.13. The van der Waals surface area contributed by atoms with E-state index < -0.39 is 5.82 Å². The highest BCUT2D eigenvalue weighted by molar-refractivity contribution is 6.31. The maximum absolute atomic E-state index is 13.5. The third-order valence-electron chi connectivity index (χ3n) is 2.81. The Kier molecular flexibility index (Phi) is 7.45. The second kappa shape index (κ2) is 8.88. The monoisotopic (exact) mass is 287 g/mol. The van der Waals surface area contributed by atoms with Crippen LogP contribution in [0.2, 0.25) is 5.02 Å². The highest BCUT2D eigenvalue weighted by Crippen LogP contribution is 2.19. The first-order valence-corrected chi connectivity index (χ1v) is 6.83. The normalized spacial score (nSPS) is 10.5. The van der Waals surface area contributed by atoms with Crippen LogP contribution in [0.25, 0.3) is 0 Å². The van der Waals surface area contributed by atoms with Crippen LogP contribution in [0.4, 0.5) is 4.39 Å². The lowest BCUT2D eigenvalue weighted by Gasteiger charge is -2.07. The summed E-state index contributed by atoms with van der Waals surface area (Å²) >= 11 is 5.85. The number of hydrogen-bond acceptors (Lipinski definition) is 2. The summed E-state index contributed by atoms with van der Waals surface area (Å²) in [4.78, 5) is 11.6. The molecule has 106 valence electrons. The SMILES string of the molecule is O=C(Cc1c(F)cccc1Cl)NCCCCCCO. The lowest BCUT2D eigenvalue weighted by molar-refractivity contribution is -0.120. The Morgan fingerprint density at radius 2 is 2.00 bits per heavy atom. The number of aliphatic hydroxyl groups excluding tert-OH is 1. The van der Waals surface area contributed by atoms with Crippen LogP contribution in [0.3, 0.4) is 0 Å². The van der Waals surface area contributed by atoms with Gasteiger partial charge >= 0.3 is 0 Å². The van der Waals surface area contributed by atoms with E-state index in [4.69, 9.17) is 16.7 Å². The summed E-state index contributed by atoms with van der Waals surface area (Å²) in [6, 6.07) is 4.38. The van der Waals surface area contributed by atoms with Crippen molar-refractivity contribution in [3.63, 3.8) is 0 Å². The molecule has 19 heavy (non-hydrogen) atoms. The van der Waals surface area contributed by atoms with E-state index in [2.05, 4.69) is 5.32 Å². The molecule has 0 spiro atoms. The van der Waals surface area contributed by atoms with Crippen molar-refractivity contribution >= 4 is 17.5 Å². The molecule has 0 aliphatic rings. The molecule has 1 aromatic rings. The van der Waals surface area contributed by atoms with Crippen molar-refractivity contribution in [1.82, 2.24) is 5.32 Å². The number of carbonyl (C=O) groups excluding carboxylic acids is 1. The Morgan fingerprint density at radius 1 is 1.26 bits per heavy atom. The molecular weight excluding hydrogens is 269 g/mol. The van der Waals surface area contributed by atoms with Crippen LogP contribution in [0, 0.1) is 5.82 Å². The van der Waals surface area contributed by atoms with Crippen LogP contribution in [0.5, 0.6) is 0 Å². The largest absolute Gasteiger partial charge is 0.396 e. The summed E-state index contributed by atoms with van der Waals surface area (Å²) in [6.07, 6.45) is 3.52. The summed E-state index contributed by atoms with van der Waals surface area (Å²) in [5.74, 6) is -0.681. The minimum Gasteiger partial charge on any atom is -0.396 e. The summed E-state index contributed by atoms with van der Waals surface area (Å²) in [7, 11) is 0. The molecule has 0 aliphatic carbocycles. The highest BCUT2D eigenvalue weighted by Gasteiger charge is 2.11. The standard InChI is InChI=1S/C14H19ClFNO2/c15-12-6-5-7-13(16)11(12)10-14(19)17-8-3-1-2-4-9-18/h5-7,18H,1-4,8-10H2,(H,17,19). The van der Waals surface area contributed by atoms with Gasteiger partial charge in [0.1, 0.15) is 5.82 Å². The topological polar surface area (TPSA) is 49.3 Å². The Balaban J connectivity index is 2.28. The summed E-state index contributed by atoms with van der Waals surface area (Å²) in [5, 5.41) is 11.6. The van der Waals surface area contributed by atoms with Crippen molar-refractivity contribution in [2.45, 2.75) is 32.1 Å². The summed E-state index contributed by atoms with van der Waals surface area (Å²) in [6.45, 7) is 0.772. The molecule has 1 rings (SSSR count). The van der Waals surface area contributed by atoms with E-state index in [1.807, 2.05) is 0 Å². The minimum atomic E-state index is -0.453. The fourth-order valence-corrected chi connectivity index (χ4v) is 1.97. The van der Waals surface area contributed by atoms with E-state index in [0.29, 0.717) is 6.54 Å². The molecule has 1 aromatic carbocycles. The molecule has 0 unspecified atom stereocenters. The van der Waals surface area contributed by atoms with Crippen LogP contribution in [0.1, 0.15) is 31.2 Å². The van der Waals surface area contributed by atoms with Gasteiger partial charge in [0.25, 0.3) is 0 Å². The third-order valence-corrected chi connectivity index (χ3v) is 3.16. The Labute approximate surface area is 117 Å². The number of amides is 1. The number of hydrogen-bond donors (Lipinski definition) is 2. The van der Waals surface area contributed by atoms with Gasteiger partial charge in [0.2, 0.25) is 5.91 Å². The van der Waals surface area contributed by atoms with Crippen LogP contribution in [-0.4, -0.2) is 24.2 Å². The lowest BCUT2D eigenvalue weighted by atomic mass is 10.1. The Bertz CT molecular complexity index is 392. The van der Waals surface area contributed by atoms with Gasteiger partial charge in [0.15, 0.2) is 0 Å². The zero-order valence-corrected chi connectivity index (χ0v) is 11.5. The van der Waals surface area contributed by atoms with E-state index in [9.17, 15) is 9.18 Å². The maximum Gasteiger partial charge on any atom is 0.224 e. The second-order valence-electron chi connectivity index (χ2n) is 4.36. The van der Waals surface area contributed by atoms with Crippen molar-refractivity contribution in [3.8, 4) is 0 Å². The van der Waals surface area contributed by atoms with Gasteiger partial charge in [-0.05, 0) is 25.0 Å². The number of carbonyl (C=O) groups is 1. The first kappa shape index (κ1) is 15.9. The number of aliphatic hydroxyl groups is 1. The fourth-order valence-electron chi connectivity index (χ4n) is 1.74. The van der Waals surface area contributed by atoms with Gasteiger partial charge in [0.05, 0.1) is 6.42 Å². The predicted octanol–water partition coefficient (Wildman–Crippen LogP) is 2.69. The van der Waals surface area contributed by atoms with Gasteiger partial charge in [0, 0.05) is 23.7 Å². The van der Waals surface area contributed by atoms with Gasteiger partial charge in [-0.1, -0.05) is 30.5 Å². The first-order chi connectivity index (χ1) is 9.15. The fraction of sp³-hybridized carbons (Fsp3) is 0.500. The number of unbranched alkanes of at least 4 members (excludes halogenated alkanes) is 3. The van der Waals surface area contributed by atoms with Crippen molar-refractivity contribution in [2.24, 2.45) is 0 Å². The van der Waals surface area contributed by atoms with Crippen molar-refractivity contribution < 1.29 is 14.3 Å². The molecule has 2 N–H and O–H groups in total. The molecule has 0 atom stereocenters. The van der Waals surface area contributed by atoms with Crippen molar-refractivity contribution in [1.29, 1.82) is 0 Å². The van der Waals surface area contributed by atoms with E-state index >= 15 is 0 Å². The van der Waals surface area contributed by atoms with Gasteiger partial charge in [-0.3, -0.25) is 4.79 Å². The summed E-state index contributed by atoms with van der Waals surface area (Å²) < 4.78 is 13.5. The molecule has 0 saturated heterocycles. The van der Waals surface area contributed by atoms with Crippen molar-refractivity contribution in [2.75, 3.05) is 13.2 Å². The summed E-state index contributed by atoms with van der Waals surface area (Å²) in [5.41, 5.74) is 0.238. The van der Waals surface area contributed by atoms with Gasteiger partial charge in [-0.15, -0.1) is 0 Å². The number of nitrogens with one attached hydrogen (secondary N) is 1. The first-order valence-electron chi connectivity index (χ1n) is 6.45. The quantitative estimate of drug-likeness (QED) is 0.722. The number of benzene rings is 1. The van der Waals surface area contributed by atoms with Gasteiger partial charge in [-0.25, -0.2) is 4.39 Å². The van der Waals surface area contributed by atoms with E-state index in [1.54, 1.807) is 6.07 Å². The minimum absolute atomic E-state index is 0.0395. The van der Waals surface area contributed by atoms with E-state index in [-0.39, 0.29) is 29.5 Å². The molecule has 0 heterocycles. The average molecular weight is 288 g/mol. The zero-order chi connectivity index (χ0) is 14.1. The molecule has 3 nitrogen and oxygen atoms in total. The number of rotatable bonds is 8. The van der Waals surface area contributed by atoms with Gasteiger partial charge < -0.3 is 10.4 Å². The molecule has 0 aromatic heterocycles. The zero-order valence-electron chi connectivity index (χ0n) is 10.8. The molecule has 0 bridgehead atoms. The smallest absolute Gasteiger partial charge is 0.224 e. The van der Waals surface area contributed by atoms with Gasteiger partial charge in [-0.2, -0.15) is 0 Å². The number of halogens is 2. The molecule has 0 fully saturated rings. The lowest BCUT2D eigenvalue weighted by Crippen LogP contribution is -2.26. The molecule has 0 radical (unpaired) electrons. The second-order valence-corrected chi connectivity index (χ2v) is 4.77. The molecule has 0 saturated carbocycles. The third kappa shape index (κ3) is 6.03. The van der Waals surface area contributed by atoms with Crippen LogP contribution < -0.4 is 5.32 Å². The molecule has 0 aliphatic heterocycles. The predicted molar refractivity (Wildman–Crippen MR) is 73.7 cm³/mol. The molecule has 5 heteroatoms. The molecule has 1 amide bonds. The van der Waals surface area contributed by atoms with Crippen LogP contribution in [0.15, 0.2) is 18.2 Å².